The van der Waals surface area contributed by atoms with Gasteiger partial charge in [-0.3, -0.25) is 0 Å². The van der Waals surface area contributed by atoms with E-state index < -0.39 is 11.7 Å². The predicted molar refractivity (Wildman–Crippen MR) is 65.4 cm³/mol. The number of hydrogen-bond donors (Lipinski definition) is 1. The summed E-state index contributed by atoms with van der Waals surface area (Å²) in [4.78, 5) is 0. The number of hydrogen-bond acceptors (Lipinski definition) is 2. The number of nitrogens with two attached hydrogens (primary N) is 1. The summed E-state index contributed by atoms with van der Waals surface area (Å²) in [5.74, 6) is 0.268. The highest BCUT2D eigenvalue weighted by molar-refractivity contribution is 9.10. The average Bonchev–Trinajstić information content (AvgIpc) is 2.57. The van der Waals surface area contributed by atoms with E-state index in [1.165, 1.54) is 10.7 Å². The van der Waals surface area contributed by atoms with Gasteiger partial charge in [-0.25, -0.2) is 4.68 Å². The maximum atomic E-state index is 12.8. The summed E-state index contributed by atoms with van der Waals surface area (Å²) < 4.78 is 39.7. The van der Waals surface area contributed by atoms with Gasteiger partial charge in [-0.2, -0.15) is 18.3 Å². The lowest BCUT2D eigenvalue weighted by Crippen LogP contribution is -2.08. The molecule has 0 atom stereocenters. The van der Waals surface area contributed by atoms with Crippen LogP contribution in [0.15, 0.2) is 28.7 Å². The molecule has 1 aromatic carbocycles. The van der Waals surface area contributed by atoms with Crippen molar-refractivity contribution >= 4 is 21.7 Å². The molecule has 3 nitrogen and oxygen atoms in total. The van der Waals surface area contributed by atoms with Crippen molar-refractivity contribution in [2.24, 2.45) is 0 Å². The van der Waals surface area contributed by atoms with Crippen LogP contribution < -0.4 is 5.73 Å². The molecule has 0 aliphatic rings. The summed E-state index contributed by atoms with van der Waals surface area (Å²) in [5, 5.41) is 3.95. The summed E-state index contributed by atoms with van der Waals surface area (Å²) in [6.07, 6.45) is -4.42. The van der Waals surface area contributed by atoms with Crippen molar-refractivity contribution in [3.05, 3.63) is 40.0 Å². The highest BCUT2D eigenvalue weighted by atomic mass is 79.9. The number of alkyl halides is 3. The Balaban J connectivity index is 2.57. The van der Waals surface area contributed by atoms with Gasteiger partial charge < -0.3 is 5.73 Å². The largest absolute Gasteiger partial charge is 0.417 e. The highest BCUT2D eigenvalue weighted by Crippen LogP contribution is 2.36. The molecule has 0 spiro atoms. The topological polar surface area (TPSA) is 43.8 Å². The number of aromatic nitrogens is 2. The summed E-state index contributed by atoms with van der Waals surface area (Å²) in [6.45, 7) is 1.72. The third-order valence-electron chi connectivity index (χ3n) is 2.41. The van der Waals surface area contributed by atoms with E-state index in [0.29, 0.717) is 11.4 Å². The second-order valence-electron chi connectivity index (χ2n) is 3.78. The number of rotatable bonds is 1. The Morgan fingerprint density at radius 1 is 1.28 bits per heavy atom. The second kappa shape index (κ2) is 4.31. The van der Waals surface area contributed by atoms with E-state index in [1.54, 1.807) is 19.1 Å². The lowest BCUT2D eigenvalue weighted by atomic mass is 10.2. The van der Waals surface area contributed by atoms with E-state index in [4.69, 9.17) is 5.73 Å². The number of aryl methyl sites for hydroxylation is 1. The lowest BCUT2D eigenvalue weighted by molar-refractivity contribution is -0.138. The van der Waals surface area contributed by atoms with Gasteiger partial charge in [-0.1, -0.05) is 15.9 Å². The number of anilines is 1. The molecule has 2 N–H and O–H groups in total. The first-order chi connectivity index (χ1) is 8.29. The lowest BCUT2D eigenvalue weighted by Gasteiger charge is -2.11. The Morgan fingerprint density at radius 3 is 2.44 bits per heavy atom. The first-order valence-corrected chi connectivity index (χ1v) is 5.77. The molecule has 2 rings (SSSR count). The molecule has 0 unspecified atom stereocenters. The molecule has 0 fully saturated rings. The van der Waals surface area contributed by atoms with Crippen LogP contribution in [0.3, 0.4) is 0 Å². The summed E-state index contributed by atoms with van der Waals surface area (Å²) in [6, 6.07) is 5.51. The summed E-state index contributed by atoms with van der Waals surface area (Å²) >= 11 is 2.89. The van der Waals surface area contributed by atoms with Crippen LogP contribution in [0.5, 0.6) is 0 Å². The molecule has 96 valence electrons. The fourth-order valence-corrected chi connectivity index (χ4v) is 2.09. The third-order valence-corrected chi connectivity index (χ3v) is 3.10. The van der Waals surface area contributed by atoms with Crippen molar-refractivity contribution < 1.29 is 13.2 Å². The molecule has 0 saturated carbocycles. The Kier molecular flexibility index (Phi) is 3.10. The standard InChI is InChI=1S/C11H9BrF3N3/c1-6-4-10(16)17-18(6)7-2-3-9(12)8(5-7)11(13,14)15/h2-5H,1H3,(H2,16,17). The molecule has 7 heteroatoms. The van der Waals surface area contributed by atoms with E-state index in [1.807, 2.05) is 0 Å². The molecule has 1 aromatic heterocycles. The number of nitrogens with zero attached hydrogens (tertiary/aromatic N) is 2. The minimum atomic E-state index is -4.42. The van der Waals surface area contributed by atoms with Crippen LogP contribution in [0, 0.1) is 6.92 Å². The van der Waals surface area contributed by atoms with E-state index in [0.717, 1.165) is 6.07 Å². The number of halogens is 4. The Morgan fingerprint density at radius 2 is 1.94 bits per heavy atom. The molecule has 0 radical (unpaired) electrons. The highest BCUT2D eigenvalue weighted by Gasteiger charge is 2.33. The number of benzene rings is 1. The monoisotopic (exact) mass is 319 g/mol. The fourth-order valence-electron chi connectivity index (χ4n) is 1.62. The van der Waals surface area contributed by atoms with Gasteiger partial charge in [-0.05, 0) is 25.1 Å². The molecule has 1 heterocycles. The zero-order valence-corrected chi connectivity index (χ0v) is 10.9. The maximum Gasteiger partial charge on any atom is 0.417 e. The Hall–Kier alpha value is -1.50. The van der Waals surface area contributed by atoms with Gasteiger partial charge in [0.15, 0.2) is 0 Å². The van der Waals surface area contributed by atoms with Crippen LogP contribution in [0.25, 0.3) is 5.69 Å². The second-order valence-corrected chi connectivity index (χ2v) is 4.64. The Labute approximate surface area is 110 Å². The van der Waals surface area contributed by atoms with Crippen LogP contribution in [-0.4, -0.2) is 9.78 Å². The van der Waals surface area contributed by atoms with Crippen molar-refractivity contribution in [3.63, 3.8) is 0 Å². The van der Waals surface area contributed by atoms with Gasteiger partial charge in [0, 0.05) is 16.2 Å². The van der Waals surface area contributed by atoms with Gasteiger partial charge in [0.2, 0.25) is 0 Å². The predicted octanol–water partition coefficient (Wildman–Crippen LogP) is 3.54. The van der Waals surface area contributed by atoms with Crippen LogP contribution in [-0.2, 0) is 6.18 Å². The SMILES string of the molecule is Cc1cc(N)nn1-c1ccc(Br)c(C(F)(F)F)c1. The molecular formula is C11H9BrF3N3. The minimum Gasteiger partial charge on any atom is -0.382 e. The van der Waals surface area contributed by atoms with Crippen LogP contribution in [0.1, 0.15) is 11.3 Å². The van der Waals surface area contributed by atoms with E-state index >= 15 is 0 Å². The van der Waals surface area contributed by atoms with Gasteiger partial charge in [0.05, 0.1) is 11.3 Å². The Bertz CT molecular complexity index is 590. The minimum absolute atomic E-state index is 0.00321. The molecule has 0 aliphatic carbocycles. The third kappa shape index (κ3) is 2.35. The van der Waals surface area contributed by atoms with Gasteiger partial charge in [-0.15, -0.1) is 0 Å². The zero-order valence-electron chi connectivity index (χ0n) is 9.29. The number of nitrogen functional groups attached to an aromatic ring is 1. The molecular weight excluding hydrogens is 311 g/mol. The van der Waals surface area contributed by atoms with Gasteiger partial charge >= 0.3 is 6.18 Å². The summed E-state index contributed by atoms with van der Waals surface area (Å²) in [5.41, 5.74) is 5.75. The quantitative estimate of drug-likeness (QED) is 0.873. The molecule has 0 amide bonds. The van der Waals surface area contributed by atoms with Crippen molar-refractivity contribution in [1.82, 2.24) is 9.78 Å². The van der Waals surface area contributed by atoms with Crippen molar-refractivity contribution in [2.75, 3.05) is 5.73 Å². The van der Waals surface area contributed by atoms with Crippen LogP contribution >= 0.6 is 15.9 Å². The molecule has 0 bridgehead atoms. The van der Waals surface area contributed by atoms with E-state index in [-0.39, 0.29) is 10.3 Å². The fraction of sp³-hybridized carbons (Fsp3) is 0.182. The van der Waals surface area contributed by atoms with Gasteiger partial charge in [0.1, 0.15) is 5.82 Å². The first kappa shape index (κ1) is 12.9. The molecule has 2 aromatic rings. The molecule has 0 saturated heterocycles. The van der Waals surface area contributed by atoms with Crippen molar-refractivity contribution in [1.29, 1.82) is 0 Å². The van der Waals surface area contributed by atoms with Crippen molar-refractivity contribution in [3.8, 4) is 5.69 Å². The molecule has 0 aliphatic heterocycles. The van der Waals surface area contributed by atoms with Crippen LogP contribution in [0.4, 0.5) is 19.0 Å². The normalized spacial score (nSPS) is 11.8. The molecule has 18 heavy (non-hydrogen) atoms. The first-order valence-electron chi connectivity index (χ1n) is 4.98. The van der Waals surface area contributed by atoms with Crippen molar-refractivity contribution in [2.45, 2.75) is 13.1 Å². The zero-order chi connectivity index (χ0) is 13.5. The smallest absolute Gasteiger partial charge is 0.382 e. The van der Waals surface area contributed by atoms with E-state index in [9.17, 15) is 13.2 Å². The average molecular weight is 320 g/mol. The van der Waals surface area contributed by atoms with Gasteiger partial charge in [0.25, 0.3) is 0 Å². The van der Waals surface area contributed by atoms with Crippen LogP contribution in [0.2, 0.25) is 0 Å². The maximum absolute atomic E-state index is 12.8. The van der Waals surface area contributed by atoms with E-state index in [2.05, 4.69) is 21.0 Å². The summed E-state index contributed by atoms with van der Waals surface area (Å²) in [7, 11) is 0.